The average molecular weight is 379 g/mol. The monoisotopic (exact) mass is 378 g/mol. The zero-order valence-electron chi connectivity index (χ0n) is 18.7. The summed E-state index contributed by atoms with van der Waals surface area (Å²) >= 11 is 0. The molecule has 0 atom stereocenters. The van der Waals surface area contributed by atoms with Crippen molar-refractivity contribution in [2.45, 2.75) is 134 Å². The summed E-state index contributed by atoms with van der Waals surface area (Å²) in [5, 5.41) is 0. The molecule has 0 radical (unpaired) electrons. The number of nitrogens with two attached hydrogens (primary N) is 1. The summed E-state index contributed by atoms with van der Waals surface area (Å²) in [7, 11) is 0. The number of rotatable bonds is 17. The minimum atomic E-state index is 0.547. The molecule has 2 N–H and O–H groups in total. The summed E-state index contributed by atoms with van der Waals surface area (Å²) in [5.74, 6) is 1.06. The van der Waals surface area contributed by atoms with Gasteiger partial charge in [-0.2, -0.15) is 0 Å². The lowest BCUT2D eigenvalue weighted by Gasteiger charge is -2.53. The van der Waals surface area contributed by atoms with Crippen molar-refractivity contribution in [3.8, 4) is 0 Å². The van der Waals surface area contributed by atoms with E-state index in [4.69, 9.17) is 5.73 Å². The molecule has 0 saturated heterocycles. The molecule has 0 amide bonds. The van der Waals surface area contributed by atoms with Crippen LogP contribution in [0.5, 0.6) is 0 Å². The second kappa shape index (κ2) is 14.0. The van der Waals surface area contributed by atoms with E-state index in [-0.39, 0.29) is 0 Å². The molecule has 0 aromatic carbocycles. The van der Waals surface area contributed by atoms with Crippen molar-refractivity contribution in [1.82, 2.24) is 4.90 Å². The zero-order valence-corrected chi connectivity index (χ0v) is 18.7. The third-order valence-corrected chi connectivity index (χ3v) is 7.66. The Morgan fingerprint density at radius 1 is 0.667 bits per heavy atom. The average Bonchev–Trinajstić information content (AvgIpc) is 2.72. The molecule has 0 heterocycles. The second-order valence-corrected chi connectivity index (χ2v) is 9.72. The normalized spacial score (nSPS) is 24.8. The first kappa shape index (κ1) is 23.2. The van der Waals surface area contributed by atoms with Crippen LogP contribution in [0.25, 0.3) is 0 Å². The molecule has 3 rings (SSSR count). The molecule has 0 aliphatic heterocycles. The van der Waals surface area contributed by atoms with Gasteiger partial charge in [0.2, 0.25) is 0 Å². The Hall–Kier alpha value is -0.0800. The van der Waals surface area contributed by atoms with Crippen LogP contribution in [0.3, 0.4) is 0 Å². The third-order valence-electron chi connectivity index (χ3n) is 7.66. The summed E-state index contributed by atoms with van der Waals surface area (Å²) < 4.78 is 0. The van der Waals surface area contributed by atoms with Crippen molar-refractivity contribution < 1.29 is 0 Å². The molecule has 3 fully saturated rings. The topological polar surface area (TPSA) is 29.3 Å². The van der Waals surface area contributed by atoms with Gasteiger partial charge in [0.1, 0.15) is 0 Å². The van der Waals surface area contributed by atoms with Crippen molar-refractivity contribution in [3.05, 3.63) is 0 Å². The van der Waals surface area contributed by atoms with E-state index < -0.39 is 0 Å². The van der Waals surface area contributed by atoms with Gasteiger partial charge in [0.05, 0.1) is 0 Å². The van der Waals surface area contributed by atoms with E-state index in [1.165, 1.54) is 129 Å². The van der Waals surface area contributed by atoms with Gasteiger partial charge in [0.25, 0.3) is 0 Å². The van der Waals surface area contributed by atoms with Crippen LogP contribution >= 0.6 is 0 Å². The minimum absolute atomic E-state index is 0.547. The lowest BCUT2D eigenvalue weighted by atomic mass is 9.65. The van der Waals surface area contributed by atoms with E-state index in [0.29, 0.717) is 5.54 Å². The largest absolute Gasteiger partial charge is 0.329 e. The smallest absolute Gasteiger partial charge is 0.0210 e. The summed E-state index contributed by atoms with van der Waals surface area (Å²) in [5.41, 5.74) is 6.51. The summed E-state index contributed by atoms with van der Waals surface area (Å²) in [6, 6.07) is 0. The van der Waals surface area contributed by atoms with Crippen molar-refractivity contribution in [3.63, 3.8) is 0 Å². The Morgan fingerprint density at radius 2 is 1.11 bits per heavy atom. The molecule has 3 aliphatic rings. The summed E-state index contributed by atoms with van der Waals surface area (Å²) in [4.78, 5) is 2.82. The Kier molecular flexibility index (Phi) is 12.0. The van der Waals surface area contributed by atoms with E-state index >= 15 is 0 Å². The maximum Gasteiger partial charge on any atom is 0.0210 e. The standard InChI is InChI=1S/C25H50N2/c1-2-3-4-5-6-7-8-9-10-11-12-13-14-22-27(23-21-26)25-18-15-24(16-19-25)17-20-25/h24H,2-23,26H2,1H3. The maximum absolute atomic E-state index is 5.96. The van der Waals surface area contributed by atoms with Crippen LogP contribution in [-0.4, -0.2) is 30.1 Å². The molecule has 27 heavy (non-hydrogen) atoms. The molecule has 2 nitrogen and oxygen atoms in total. The number of nitrogens with zero attached hydrogens (tertiary/aromatic N) is 1. The van der Waals surface area contributed by atoms with Gasteiger partial charge in [0.15, 0.2) is 0 Å². The highest BCUT2D eigenvalue weighted by Gasteiger charge is 2.43. The van der Waals surface area contributed by atoms with E-state index in [9.17, 15) is 0 Å². The summed E-state index contributed by atoms with van der Waals surface area (Å²) in [6.07, 6.45) is 27.6. The molecule has 160 valence electrons. The first-order valence-corrected chi connectivity index (χ1v) is 12.8. The Bertz CT molecular complexity index is 332. The lowest BCUT2D eigenvalue weighted by molar-refractivity contribution is -0.0107. The van der Waals surface area contributed by atoms with E-state index in [1.807, 2.05) is 0 Å². The maximum atomic E-state index is 5.96. The fourth-order valence-corrected chi connectivity index (χ4v) is 5.76. The van der Waals surface area contributed by atoms with Gasteiger partial charge < -0.3 is 5.73 Å². The molecule has 2 bridgehead atoms. The quantitative estimate of drug-likeness (QED) is 0.274. The van der Waals surface area contributed by atoms with Crippen LogP contribution in [0, 0.1) is 5.92 Å². The molecule has 3 saturated carbocycles. The Morgan fingerprint density at radius 3 is 1.56 bits per heavy atom. The number of fused-ring (bicyclic) bond motifs is 3. The Balaban J connectivity index is 1.45. The third kappa shape index (κ3) is 8.44. The van der Waals surface area contributed by atoms with Gasteiger partial charge in [-0.1, -0.05) is 84.0 Å². The minimum Gasteiger partial charge on any atom is -0.329 e. The molecule has 3 aliphatic carbocycles. The predicted octanol–water partition coefficient (Wildman–Crippen LogP) is 7.06. The molecular weight excluding hydrogens is 328 g/mol. The highest BCUT2D eigenvalue weighted by molar-refractivity contribution is 4.99. The van der Waals surface area contributed by atoms with Crippen LogP contribution in [0.1, 0.15) is 129 Å². The van der Waals surface area contributed by atoms with Crippen LogP contribution in [0.2, 0.25) is 0 Å². The lowest BCUT2D eigenvalue weighted by Crippen LogP contribution is -2.55. The molecule has 0 unspecified atom stereocenters. The van der Waals surface area contributed by atoms with Crippen LogP contribution in [0.4, 0.5) is 0 Å². The summed E-state index contributed by atoms with van der Waals surface area (Å²) in [6.45, 7) is 5.57. The number of unbranched alkanes of at least 4 members (excludes halogenated alkanes) is 12. The van der Waals surface area contributed by atoms with Gasteiger partial charge in [-0.15, -0.1) is 0 Å². The van der Waals surface area contributed by atoms with Gasteiger partial charge in [-0.25, -0.2) is 0 Å². The number of hydrogen-bond acceptors (Lipinski definition) is 2. The molecule has 0 aromatic rings. The van der Waals surface area contributed by atoms with E-state index in [1.54, 1.807) is 0 Å². The fourth-order valence-electron chi connectivity index (χ4n) is 5.76. The molecule has 2 heteroatoms. The van der Waals surface area contributed by atoms with Crippen LogP contribution in [0.15, 0.2) is 0 Å². The number of hydrogen-bond donors (Lipinski definition) is 1. The predicted molar refractivity (Wildman–Crippen MR) is 120 cm³/mol. The van der Waals surface area contributed by atoms with Crippen molar-refractivity contribution in [2.75, 3.05) is 19.6 Å². The van der Waals surface area contributed by atoms with Crippen LogP contribution in [-0.2, 0) is 0 Å². The Labute approximate surface area is 171 Å². The molecule has 0 aromatic heterocycles. The van der Waals surface area contributed by atoms with E-state index in [0.717, 1.165) is 19.0 Å². The molecular formula is C25H50N2. The van der Waals surface area contributed by atoms with Crippen molar-refractivity contribution in [2.24, 2.45) is 11.7 Å². The van der Waals surface area contributed by atoms with E-state index in [2.05, 4.69) is 11.8 Å². The van der Waals surface area contributed by atoms with Crippen molar-refractivity contribution in [1.29, 1.82) is 0 Å². The van der Waals surface area contributed by atoms with Gasteiger partial charge in [-0.05, 0) is 57.4 Å². The highest BCUT2D eigenvalue weighted by atomic mass is 15.2. The van der Waals surface area contributed by atoms with Crippen LogP contribution < -0.4 is 5.73 Å². The zero-order chi connectivity index (χ0) is 19.2. The molecule has 0 spiro atoms. The van der Waals surface area contributed by atoms with Crippen molar-refractivity contribution >= 4 is 0 Å². The fraction of sp³-hybridized carbons (Fsp3) is 1.00. The van der Waals surface area contributed by atoms with Gasteiger partial charge in [0, 0.05) is 18.6 Å². The van der Waals surface area contributed by atoms with Gasteiger partial charge in [-0.3, -0.25) is 4.90 Å². The highest BCUT2D eigenvalue weighted by Crippen LogP contribution is 2.47. The first-order chi connectivity index (χ1) is 13.3. The first-order valence-electron chi connectivity index (χ1n) is 12.8. The second-order valence-electron chi connectivity index (χ2n) is 9.72. The van der Waals surface area contributed by atoms with Gasteiger partial charge >= 0.3 is 0 Å². The SMILES string of the molecule is CCCCCCCCCCCCCCCN(CCN)C12CCC(CC1)CC2.